The lowest BCUT2D eigenvalue weighted by Gasteiger charge is -2.53. The van der Waals surface area contributed by atoms with Gasteiger partial charge in [-0.05, 0) is 84.1 Å². The maximum atomic E-state index is 13.3. The van der Waals surface area contributed by atoms with Gasteiger partial charge in [-0.25, -0.2) is 0 Å². The molecule has 0 aliphatic carbocycles. The van der Waals surface area contributed by atoms with Crippen molar-refractivity contribution in [1.82, 2.24) is 10.6 Å². The van der Waals surface area contributed by atoms with Crippen molar-refractivity contribution in [1.29, 1.82) is 0 Å². The average molecular weight is 573 g/mol. The molecule has 0 amide bonds. The minimum absolute atomic E-state index is 0.0837. The minimum atomic E-state index is -1.35. The minimum Gasteiger partial charge on any atom is -0.465 e. The molecule has 2 aliphatic heterocycles. The molecular formula is C31H60N2O7. The van der Waals surface area contributed by atoms with E-state index in [1.807, 2.05) is 20.8 Å². The predicted octanol–water partition coefficient (Wildman–Crippen LogP) is 3.50. The van der Waals surface area contributed by atoms with E-state index >= 15 is 0 Å². The van der Waals surface area contributed by atoms with E-state index in [0.29, 0.717) is 37.5 Å². The van der Waals surface area contributed by atoms with Crippen LogP contribution in [-0.2, 0) is 23.7 Å². The molecule has 12 atom stereocenters. The summed E-state index contributed by atoms with van der Waals surface area (Å²) in [7, 11) is 1.58. The second kappa shape index (κ2) is 15.6. The molecular weight excluding hydrogens is 512 g/mol. The molecule has 0 radical (unpaired) electrons. The van der Waals surface area contributed by atoms with Crippen molar-refractivity contribution in [2.45, 2.75) is 130 Å². The Balaban J connectivity index is 2.25. The molecule has 0 aromatic heterocycles. The van der Waals surface area contributed by atoms with E-state index < -0.39 is 41.7 Å². The van der Waals surface area contributed by atoms with Gasteiger partial charge in [-0.2, -0.15) is 0 Å². The highest BCUT2D eigenvalue weighted by Gasteiger charge is 2.57. The van der Waals surface area contributed by atoms with Crippen molar-refractivity contribution >= 4 is 5.97 Å². The number of nitrogens with one attached hydrogen (secondary N) is 2. The first kappa shape index (κ1) is 35.4. The first-order valence-electron chi connectivity index (χ1n) is 15.5. The van der Waals surface area contributed by atoms with Crippen LogP contribution in [0.3, 0.4) is 0 Å². The zero-order chi connectivity index (χ0) is 30.3. The molecule has 2 rings (SSSR count). The van der Waals surface area contributed by atoms with E-state index in [4.69, 9.17) is 18.9 Å². The van der Waals surface area contributed by atoms with Gasteiger partial charge in [0.15, 0.2) is 6.29 Å². The maximum Gasteiger partial charge on any atom is 0.311 e. The third kappa shape index (κ3) is 9.61. The van der Waals surface area contributed by atoms with Gasteiger partial charge < -0.3 is 39.8 Å². The van der Waals surface area contributed by atoms with E-state index in [1.165, 1.54) is 0 Å². The molecule has 9 heteroatoms. The Labute approximate surface area is 243 Å². The van der Waals surface area contributed by atoms with Crippen LogP contribution in [0.25, 0.3) is 0 Å². The summed E-state index contributed by atoms with van der Waals surface area (Å²) in [6, 6.07) is 0.366. The van der Waals surface area contributed by atoms with Gasteiger partial charge in [0.05, 0.1) is 30.8 Å². The maximum absolute atomic E-state index is 13.3. The number of carbonyl (C=O) groups excluding carboxylic acids is 1. The lowest BCUT2D eigenvalue weighted by molar-refractivity contribution is -0.327. The van der Waals surface area contributed by atoms with Gasteiger partial charge in [0.25, 0.3) is 0 Å². The van der Waals surface area contributed by atoms with Gasteiger partial charge in [0.1, 0.15) is 11.2 Å². The van der Waals surface area contributed by atoms with Gasteiger partial charge >= 0.3 is 5.97 Å². The summed E-state index contributed by atoms with van der Waals surface area (Å²) in [5.74, 6) is 0.608. The highest BCUT2D eigenvalue weighted by atomic mass is 16.7. The van der Waals surface area contributed by atoms with Crippen LogP contribution in [0.1, 0.15) is 88.0 Å². The fourth-order valence-corrected chi connectivity index (χ4v) is 6.66. The van der Waals surface area contributed by atoms with Crippen LogP contribution in [-0.4, -0.2) is 91.4 Å². The fourth-order valence-electron chi connectivity index (χ4n) is 6.66. The van der Waals surface area contributed by atoms with Crippen LogP contribution < -0.4 is 10.6 Å². The van der Waals surface area contributed by atoms with Crippen LogP contribution in [0.5, 0.6) is 0 Å². The predicted molar refractivity (Wildman–Crippen MR) is 157 cm³/mol. The number of esters is 1. The number of methoxy groups -OCH3 is 1. The molecule has 2 heterocycles. The van der Waals surface area contributed by atoms with E-state index in [2.05, 4.69) is 45.3 Å². The Bertz CT molecular complexity index is 770. The van der Waals surface area contributed by atoms with Crippen LogP contribution in [0, 0.1) is 29.6 Å². The topological polar surface area (TPSA) is 119 Å². The highest BCUT2D eigenvalue weighted by molar-refractivity contribution is 5.72. The van der Waals surface area contributed by atoms with Crippen LogP contribution in [0.15, 0.2) is 0 Å². The number of cyclic esters (lactones) is 1. The standard InChI is InChI=1S/C31H60N2O7/c1-19-11-20(2)15-33-23(5)13-21(3)17-38-29(35)25(7)28(22(4)12-19)40-27-14-30(9,37-10)31(36,26(8)39-27)18-32-16-24(6)34/h19-28,32-34,36H,11-18H2,1-10H3/t19?,20?,21?,22?,23?,24?,25?,26-,27-,28?,30+,31-/m0/s1. The van der Waals surface area contributed by atoms with Crippen molar-refractivity contribution in [3.05, 3.63) is 0 Å². The summed E-state index contributed by atoms with van der Waals surface area (Å²) in [6.45, 7) is 20.2. The number of aliphatic hydroxyl groups is 2. The van der Waals surface area contributed by atoms with E-state index in [-0.39, 0.29) is 24.3 Å². The Hall–Kier alpha value is -0.810. The number of rotatable bonds is 7. The van der Waals surface area contributed by atoms with Crippen LogP contribution in [0.4, 0.5) is 0 Å². The lowest BCUT2D eigenvalue weighted by atomic mass is 9.75. The van der Waals surface area contributed by atoms with Gasteiger partial charge in [-0.1, -0.05) is 27.7 Å². The van der Waals surface area contributed by atoms with Crippen molar-refractivity contribution in [3.63, 3.8) is 0 Å². The summed E-state index contributed by atoms with van der Waals surface area (Å²) in [5, 5.41) is 28.2. The number of hydrogen-bond donors (Lipinski definition) is 4. The van der Waals surface area contributed by atoms with Gasteiger partial charge in [-0.15, -0.1) is 0 Å². The van der Waals surface area contributed by atoms with Crippen molar-refractivity contribution in [3.8, 4) is 0 Å². The third-order valence-corrected chi connectivity index (χ3v) is 9.18. The van der Waals surface area contributed by atoms with E-state index in [9.17, 15) is 15.0 Å². The molecule has 2 saturated heterocycles. The number of hydrogen-bond acceptors (Lipinski definition) is 9. The monoisotopic (exact) mass is 572 g/mol. The molecule has 2 fully saturated rings. The Morgan fingerprint density at radius 2 is 1.75 bits per heavy atom. The molecule has 0 bridgehead atoms. The second-order valence-corrected chi connectivity index (χ2v) is 13.6. The lowest BCUT2D eigenvalue weighted by Crippen LogP contribution is -2.70. The molecule has 0 spiro atoms. The smallest absolute Gasteiger partial charge is 0.311 e. The number of ether oxygens (including phenoxy) is 4. The normalized spacial score (nSPS) is 43.8. The van der Waals surface area contributed by atoms with Crippen LogP contribution in [0.2, 0.25) is 0 Å². The summed E-state index contributed by atoms with van der Waals surface area (Å²) in [5.41, 5.74) is -2.32. The largest absolute Gasteiger partial charge is 0.465 e. The molecule has 0 saturated carbocycles. The van der Waals surface area contributed by atoms with Crippen molar-refractivity contribution in [2.75, 3.05) is 33.4 Å². The Kier molecular flexibility index (Phi) is 13.8. The molecule has 8 unspecified atom stereocenters. The van der Waals surface area contributed by atoms with E-state index in [0.717, 1.165) is 25.8 Å². The molecule has 0 aromatic rings. The first-order valence-corrected chi connectivity index (χ1v) is 15.5. The summed E-state index contributed by atoms with van der Waals surface area (Å²) >= 11 is 0. The van der Waals surface area contributed by atoms with Crippen molar-refractivity contribution in [2.24, 2.45) is 29.6 Å². The average Bonchev–Trinajstić information content (AvgIpc) is 2.86. The fraction of sp³-hybridized carbons (Fsp3) is 0.968. The summed E-state index contributed by atoms with van der Waals surface area (Å²) < 4.78 is 24.6. The number of aliphatic hydroxyl groups excluding tert-OH is 1. The molecule has 9 nitrogen and oxygen atoms in total. The molecule has 2 aliphatic rings. The van der Waals surface area contributed by atoms with E-state index in [1.54, 1.807) is 14.0 Å². The van der Waals surface area contributed by atoms with Gasteiger partial charge in [-0.3, -0.25) is 4.79 Å². The van der Waals surface area contributed by atoms with Crippen LogP contribution >= 0.6 is 0 Å². The second-order valence-electron chi connectivity index (χ2n) is 13.6. The third-order valence-electron chi connectivity index (χ3n) is 9.18. The quantitative estimate of drug-likeness (QED) is 0.340. The summed E-state index contributed by atoms with van der Waals surface area (Å²) in [6.07, 6.45) is 1.00. The Morgan fingerprint density at radius 3 is 2.38 bits per heavy atom. The molecule has 40 heavy (non-hydrogen) atoms. The molecule has 4 N–H and O–H groups in total. The van der Waals surface area contributed by atoms with Gasteiger partial charge in [0, 0.05) is 32.7 Å². The van der Waals surface area contributed by atoms with Crippen molar-refractivity contribution < 1.29 is 34.0 Å². The zero-order valence-electron chi connectivity index (χ0n) is 26.9. The molecule has 0 aromatic carbocycles. The highest BCUT2D eigenvalue weighted by Crippen LogP contribution is 2.41. The Morgan fingerprint density at radius 1 is 1.07 bits per heavy atom. The first-order chi connectivity index (χ1) is 18.6. The number of carbonyl (C=O) groups is 1. The summed E-state index contributed by atoms with van der Waals surface area (Å²) in [4.78, 5) is 13.3. The molecule has 236 valence electrons. The zero-order valence-corrected chi connectivity index (χ0v) is 26.9. The SMILES string of the molecule is CO[C@]1(C)C[C@H](OC2C(C)CC(C)CC(C)CNC(C)CC(C)COC(=O)C2C)O[C@@H](C)[C@@]1(O)CNCC(C)O. The van der Waals surface area contributed by atoms with Gasteiger partial charge in [0.2, 0.25) is 0 Å².